The number of nitrogens with zero attached hydrogens (tertiary/aromatic N) is 1. The van der Waals surface area contributed by atoms with E-state index >= 15 is 0 Å². The summed E-state index contributed by atoms with van der Waals surface area (Å²) in [6.45, 7) is 0.923. The zero-order chi connectivity index (χ0) is 6.85. The summed E-state index contributed by atoms with van der Waals surface area (Å²) in [6, 6.07) is 0. The van der Waals surface area contributed by atoms with Crippen LogP contribution in [-0.4, -0.2) is 42.4 Å². The van der Waals surface area contributed by atoms with Crippen LogP contribution in [0.4, 0.5) is 0 Å². The Morgan fingerprint density at radius 2 is 2.56 bits per heavy atom. The Morgan fingerprint density at radius 1 is 1.89 bits per heavy atom. The van der Waals surface area contributed by atoms with Crippen LogP contribution in [-0.2, 0) is 9.53 Å². The third-order valence-electron chi connectivity index (χ3n) is 1.25. The van der Waals surface area contributed by atoms with Gasteiger partial charge in [0.15, 0.2) is 6.10 Å². The van der Waals surface area contributed by atoms with Crippen LogP contribution in [0.1, 0.15) is 0 Å². The van der Waals surface area contributed by atoms with Gasteiger partial charge in [0, 0.05) is 6.54 Å². The van der Waals surface area contributed by atoms with Crippen LogP contribution < -0.4 is 0 Å². The molecule has 1 aliphatic rings. The minimum atomic E-state index is -0.876. The molecule has 1 heterocycles. The van der Waals surface area contributed by atoms with Crippen molar-refractivity contribution in [1.82, 2.24) is 4.90 Å². The second-order valence-electron chi connectivity index (χ2n) is 2.16. The van der Waals surface area contributed by atoms with E-state index in [-0.39, 0.29) is 0 Å². The van der Waals surface area contributed by atoms with E-state index in [2.05, 4.69) is 0 Å². The van der Waals surface area contributed by atoms with Gasteiger partial charge in [-0.25, -0.2) is 4.79 Å². The van der Waals surface area contributed by atoms with Gasteiger partial charge in [0.25, 0.3) is 0 Å². The third kappa shape index (κ3) is 1.40. The van der Waals surface area contributed by atoms with Crippen LogP contribution in [0.2, 0.25) is 0 Å². The molecule has 0 aromatic heterocycles. The number of aliphatic carboxylic acids is 1. The van der Waals surface area contributed by atoms with Gasteiger partial charge < -0.3 is 9.84 Å². The SMILES string of the molecule is CN1COC(C(=O)O)C1. The van der Waals surface area contributed by atoms with Crippen LogP contribution in [0.5, 0.6) is 0 Å². The number of carboxylic acids is 1. The number of likely N-dealkylation sites (N-methyl/N-ethyl adjacent to an activating group) is 1. The largest absolute Gasteiger partial charge is 0.479 e. The summed E-state index contributed by atoms with van der Waals surface area (Å²) >= 11 is 0. The maximum absolute atomic E-state index is 10.2. The van der Waals surface area contributed by atoms with Crippen LogP contribution in [0, 0.1) is 0 Å². The smallest absolute Gasteiger partial charge is 0.334 e. The molecule has 1 N–H and O–H groups in total. The minimum Gasteiger partial charge on any atom is -0.479 e. The van der Waals surface area contributed by atoms with Crippen molar-refractivity contribution in [1.29, 1.82) is 0 Å². The van der Waals surface area contributed by atoms with Crippen molar-refractivity contribution in [2.45, 2.75) is 6.10 Å². The zero-order valence-corrected chi connectivity index (χ0v) is 5.20. The lowest BCUT2D eigenvalue weighted by Crippen LogP contribution is -2.24. The fraction of sp³-hybridized carbons (Fsp3) is 0.800. The van der Waals surface area contributed by atoms with Crippen LogP contribution >= 0.6 is 0 Å². The molecule has 9 heavy (non-hydrogen) atoms. The van der Waals surface area contributed by atoms with Crippen molar-refractivity contribution in [3.63, 3.8) is 0 Å². The topological polar surface area (TPSA) is 49.8 Å². The summed E-state index contributed by atoms with van der Waals surface area (Å²) in [6.07, 6.45) is -0.616. The van der Waals surface area contributed by atoms with E-state index in [0.29, 0.717) is 13.3 Å². The Labute approximate surface area is 53.0 Å². The molecule has 0 saturated carbocycles. The van der Waals surface area contributed by atoms with Crippen LogP contribution in [0.25, 0.3) is 0 Å². The molecule has 0 aliphatic carbocycles. The molecule has 1 atom stereocenters. The second-order valence-corrected chi connectivity index (χ2v) is 2.16. The molecular weight excluding hydrogens is 122 g/mol. The van der Waals surface area contributed by atoms with Gasteiger partial charge in [-0.3, -0.25) is 4.90 Å². The van der Waals surface area contributed by atoms with E-state index in [1.54, 1.807) is 0 Å². The lowest BCUT2D eigenvalue weighted by Gasteiger charge is -2.00. The molecule has 1 saturated heterocycles. The Kier molecular flexibility index (Phi) is 1.68. The van der Waals surface area contributed by atoms with Crippen molar-refractivity contribution >= 4 is 5.97 Å². The first kappa shape index (κ1) is 6.51. The highest BCUT2D eigenvalue weighted by Crippen LogP contribution is 2.04. The molecule has 1 unspecified atom stereocenters. The van der Waals surface area contributed by atoms with E-state index < -0.39 is 12.1 Å². The minimum absolute atomic E-state index is 0.428. The Bertz CT molecular complexity index is 125. The fourth-order valence-corrected chi connectivity index (χ4v) is 0.755. The van der Waals surface area contributed by atoms with Gasteiger partial charge >= 0.3 is 5.97 Å². The van der Waals surface area contributed by atoms with E-state index in [1.807, 2.05) is 11.9 Å². The Balaban J connectivity index is 2.39. The van der Waals surface area contributed by atoms with Gasteiger partial charge in [-0.2, -0.15) is 0 Å². The lowest BCUT2D eigenvalue weighted by atomic mass is 10.4. The molecule has 0 radical (unpaired) electrons. The molecule has 0 bridgehead atoms. The molecule has 0 aromatic rings. The first-order valence-corrected chi connectivity index (χ1v) is 2.73. The average molecular weight is 131 g/mol. The van der Waals surface area contributed by atoms with Gasteiger partial charge in [-0.05, 0) is 7.05 Å². The van der Waals surface area contributed by atoms with E-state index in [1.165, 1.54) is 0 Å². The van der Waals surface area contributed by atoms with Gasteiger partial charge in [0.05, 0.1) is 0 Å². The molecule has 0 aromatic carbocycles. The van der Waals surface area contributed by atoms with Crippen molar-refractivity contribution in [3.8, 4) is 0 Å². The number of ether oxygens (including phenoxy) is 1. The molecule has 52 valence electrons. The highest BCUT2D eigenvalue weighted by Gasteiger charge is 2.25. The highest BCUT2D eigenvalue weighted by atomic mass is 16.5. The van der Waals surface area contributed by atoms with Crippen molar-refractivity contribution in [2.24, 2.45) is 0 Å². The van der Waals surface area contributed by atoms with Crippen molar-refractivity contribution in [2.75, 3.05) is 20.3 Å². The lowest BCUT2D eigenvalue weighted by molar-refractivity contribution is -0.146. The molecule has 1 rings (SSSR count). The molecular formula is C5H9NO3. The number of carboxylic acid groups (broad SMARTS) is 1. The number of carbonyl (C=O) groups is 1. The molecule has 1 fully saturated rings. The highest BCUT2D eigenvalue weighted by molar-refractivity contribution is 5.72. The quantitative estimate of drug-likeness (QED) is 0.514. The Morgan fingerprint density at radius 3 is 2.78 bits per heavy atom. The van der Waals surface area contributed by atoms with Gasteiger partial charge in [-0.1, -0.05) is 0 Å². The predicted octanol–water partition coefficient (Wildman–Crippen LogP) is -0.641. The van der Waals surface area contributed by atoms with Gasteiger partial charge in [0.2, 0.25) is 0 Å². The second kappa shape index (κ2) is 2.33. The summed E-state index contributed by atoms with van der Waals surface area (Å²) in [5, 5.41) is 8.38. The predicted molar refractivity (Wildman–Crippen MR) is 30.0 cm³/mol. The monoisotopic (exact) mass is 131 g/mol. The van der Waals surface area contributed by atoms with E-state index in [9.17, 15) is 4.79 Å². The van der Waals surface area contributed by atoms with Crippen molar-refractivity contribution in [3.05, 3.63) is 0 Å². The molecule has 0 spiro atoms. The van der Waals surface area contributed by atoms with E-state index in [4.69, 9.17) is 9.84 Å². The Hall–Kier alpha value is -0.610. The first-order chi connectivity index (χ1) is 4.20. The molecule has 0 amide bonds. The maximum Gasteiger partial charge on any atom is 0.334 e. The normalized spacial score (nSPS) is 28.8. The maximum atomic E-state index is 10.2. The molecule has 1 aliphatic heterocycles. The van der Waals surface area contributed by atoms with Crippen molar-refractivity contribution < 1.29 is 14.6 Å². The average Bonchev–Trinajstić information content (AvgIpc) is 2.14. The number of rotatable bonds is 1. The van der Waals surface area contributed by atoms with Gasteiger partial charge in [-0.15, -0.1) is 0 Å². The summed E-state index contributed by atoms with van der Waals surface area (Å²) in [7, 11) is 1.82. The number of hydrogen-bond donors (Lipinski definition) is 1. The summed E-state index contributed by atoms with van der Waals surface area (Å²) in [4.78, 5) is 12.0. The summed E-state index contributed by atoms with van der Waals surface area (Å²) < 4.78 is 4.85. The zero-order valence-electron chi connectivity index (χ0n) is 5.20. The standard InChI is InChI=1S/C5H9NO3/c1-6-2-4(5(7)8)9-3-6/h4H,2-3H2,1H3,(H,7,8). The summed E-state index contributed by atoms with van der Waals surface area (Å²) in [5.41, 5.74) is 0. The summed E-state index contributed by atoms with van der Waals surface area (Å²) in [5.74, 6) is -0.876. The van der Waals surface area contributed by atoms with Crippen LogP contribution in [0.3, 0.4) is 0 Å². The number of hydrogen-bond acceptors (Lipinski definition) is 3. The van der Waals surface area contributed by atoms with Crippen LogP contribution in [0.15, 0.2) is 0 Å². The van der Waals surface area contributed by atoms with Gasteiger partial charge in [0.1, 0.15) is 6.73 Å². The fourth-order valence-electron chi connectivity index (χ4n) is 0.755. The molecule has 4 heteroatoms. The van der Waals surface area contributed by atoms with E-state index in [0.717, 1.165) is 0 Å². The molecule has 4 nitrogen and oxygen atoms in total. The first-order valence-electron chi connectivity index (χ1n) is 2.73. The third-order valence-corrected chi connectivity index (χ3v) is 1.25.